The molecule has 0 bridgehead atoms. The summed E-state index contributed by atoms with van der Waals surface area (Å²) in [5.41, 5.74) is 0. The molecule has 0 aliphatic carbocycles. The highest BCUT2D eigenvalue weighted by molar-refractivity contribution is 5.86. The third kappa shape index (κ3) is 5.61. The van der Waals surface area contributed by atoms with Crippen molar-refractivity contribution in [2.45, 2.75) is 45.1 Å². The van der Waals surface area contributed by atoms with Crippen LogP contribution in [0.3, 0.4) is 0 Å². The number of nitrogens with zero attached hydrogens (tertiary/aromatic N) is 1. The fourth-order valence-corrected chi connectivity index (χ4v) is 2.52. The zero-order valence-corrected chi connectivity index (χ0v) is 12.6. The van der Waals surface area contributed by atoms with Crippen LogP contribution in [0.2, 0.25) is 0 Å². The average molecular weight is 300 g/mol. The van der Waals surface area contributed by atoms with Crippen molar-refractivity contribution in [3.63, 3.8) is 0 Å². The van der Waals surface area contributed by atoms with Crippen LogP contribution in [0.1, 0.15) is 39.0 Å². The molecular formula is C14H24N2O5. The van der Waals surface area contributed by atoms with Gasteiger partial charge in [-0.1, -0.05) is 19.8 Å². The zero-order chi connectivity index (χ0) is 15.8. The lowest BCUT2D eigenvalue weighted by molar-refractivity contribution is -0.147. The molecule has 0 unspecified atom stereocenters. The number of esters is 1. The molecule has 0 radical (unpaired) electrons. The molecule has 21 heavy (non-hydrogen) atoms. The summed E-state index contributed by atoms with van der Waals surface area (Å²) in [4.78, 5) is 35.9. The van der Waals surface area contributed by atoms with Crippen LogP contribution >= 0.6 is 0 Å². The SMILES string of the molecule is CCCC1CCN(C(=O)N[C@@H](CC(=O)OC)C(=O)O)CC1. The number of carbonyl (C=O) groups is 3. The first-order valence-corrected chi connectivity index (χ1v) is 7.33. The monoisotopic (exact) mass is 300 g/mol. The van der Waals surface area contributed by atoms with E-state index in [-0.39, 0.29) is 6.42 Å². The lowest BCUT2D eigenvalue weighted by atomic mass is 9.93. The van der Waals surface area contributed by atoms with Crippen LogP contribution in [0.5, 0.6) is 0 Å². The van der Waals surface area contributed by atoms with E-state index in [2.05, 4.69) is 17.0 Å². The number of carboxylic acids is 1. The number of nitrogens with one attached hydrogen (secondary N) is 1. The molecule has 1 fully saturated rings. The number of hydrogen-bond acceptors (Lipinski definition) is 4. The van der Waals surface area contributed by atoms with Gasteiger partial charge in [0, 0.05) is 13.1 Å². The first-order valence-electron chi connectivity index (χ1n) is 7.33. The largest absolute Gasteiger partial charge is 0.480 e. The van der Waals surface area contributed by atoms with Crippen molar-refractivity contribution in [2.75, 3.05) is 20.2 Å². The second-order valence-corrected chi connectivity index (χ2v) is 5.34. The lowest BCUT2D eigenvalue weighted by Gasteiger charge is -2.32. The highest BCUT2D eigenvalue weighted by Gasteiger charge is 2.28. The summed E-state index contributed by atoms with van der Waals surface area (Å²) in [5, 5.41) is 11.4. The Morgan fingerprint density at radius 1 is 1.33 bits per heavy atom. The molecule has 0 aromatic carbocycles. The van der Waals surface area contributed by atoms with Gasteiger partial charge in [-0.2, -0.15) is 0 Å². The van der Waals surface area contributed by atoms with Gasteiger partial charge in [0.2, 0.25) is 0 Å². The summed E-state index contributed by atoms with van der Waals surface area (Å²) in [5.74, 6) is -1.26. The maximum Gasteiger partial charge on any atom is 0.326 e. The van der Waals surface area contributed by atoms with E-state index >= 15 is 0 Å². The number of amides is 2. The molecule has 0 saturated carbocycles. The van der Waals surface area contributed by atoms with Crippen LogP contribution in [0, 0.1) is 5.92 Å². The molecule has 120 valence electrons. The molecule has 7 heteroatoms. The van der Waals surface area contributed by atoms with E-state index < -0.39 is 24.0 Å². The number of piperidine rings is 1. The van der Waals surface area contributed by atoms with Crippen LogP contribution in [0.15, 0.2) is 0 Å². The second kappa shape index (κ2) is 8.49. The first kappa shape index (κ1) is 17.3. The number of carboxylic acid groups (broad SMARTS) is 1. The summed E-state index contributed by atoms with van der Waals surface area (Å²) in [6.45, 7) is 3.39. The molecule has 2 amide bonds. The summed E-state index contributed by atoms with van der Waals surface area (Å²) in [6, 6.07) is -1.68. The molecule has 1 atom stereocenters. The van der Waals surface area contributed by atoms with Gasteiger partial charge in [0.1, 0.15) is 6.04 Å². The van der Waals surface area contributed by atoms with Crippen molar-refractivity contribution in [1.82, 2.24) is 10.2 Å². The number of aliphatic carboxylic acids is 1. The minimum atomic E-state index is -1.25. The number of methoxy groups -OCH3 is 1. The smallest absolute Gasteiger partial charge is 0.326 e. The molecule has 7 nitrogen and oxygen atoms in total. The quantitative estimate of drug-likeness (QED) is 0.719. The van der Waals surface area contributed by atoms with Gasteiger partial charge in [0.25, 0.3) is 0 Å². The van der Waals surface area contributed by atoms with Gasteiger partial charge < -0.3 is 20.1 Å². The maximum atomic E-state index is 12.0. The molecule has 2 N–H and O–H groups in total. The standard InChI is InChI=1S/C14H24N2O5/c1-3-4-10-5-7-16(8-6-10)14(20)15-11(13(18)19)9-12(17)21-2/h10-11H,3-9H2,1-2H3,(H,15,20)(H,18,19)/t11-/m0/s1. The number of ether oxygens (including phenoxy) is 1. The van der Waals surface area contributed by atoms with Gasteiger partial charge in [0.15, 0.2) is 0 Å². The van der Waals surface area contributed by atoms with E-state index in [4.69, 9.17) is 5.11 Å². The molecule has 0 spiro atoms. The van der Waals surface area contributed by atoms with Gasteiger partial charge in [-0.05, 0) is 18.8 Å². The Balaban J connectivity index is 2.47. The van der Waals surface area contributed by atoms with Crippen LogP contribution in [-0.4, -0.2) is 54.2 Å². The fraction of sp³-hybridized carbons (Fsp3) is 0.786. The normalized spacial score (nSPS) is 17.1. The summed E-state index contributed by atoms with van der Waals surface area (Å²) >= 11 is 0. The van der Waals surface area contributed by atoms with E-state index in [1.54, 1.807) is 4.90 Å². The highest BCUT2D eigenvalue weighted by atomic mass is 16.5. The van der Waals surface area contributed by atoms with Gasteiger partial charge in [-0.3, -0.25) is 4.79 Å². The van der Waals surface area contributed by atoms with Gasteiger partial charge in [-0.25, -0.2) is 9.59 Å². The number of rotatable bonds is 6. The highest BCUT2D eigenvalue weighted by Crippen LogP contribution is 2.21. The van der Waals surface area contributed by atoms with Crippen molar-refractivity contribution in [2.24, 2.45) is 5.92 Å². The van der Waals surface area contributed by atoms with Crippen molar-refractivity contribution in [3.05, 3.63) is 0 Å². The maximum absolute atomic E-state index is 12.0. The van der Waals surface area contributed by atoms with E-state index in [1.807, 2.05) is 0 Å². The minimum absolute atomic E-state index is 0.371. The average Bonchev–Trinajstić information content (AvgIpc) is 2.47. The first-order chi connectivity index (χ1) is 9.97. The summed E-state index contributed by atoms with van der Waals surface area (Å²) in [7, 11) is 1.18. The molecular weight excluding hydrogens is 276 g/mol. The molecule has 1 rings (SSSR count). The Morgan fingerprint density at radius 2 is 1.95 bits per heavy atom. The van der Waals surface area contributed by atoms with E-state index in [0.717, 1.165) is 25.7 Å². The predicted molar refractivity (Wildman–Crippen MR) is 75.8 cm³/mol. The number of carbonyl (C=O) groups excluding carboxylic acids is 2. The lowest BCUT2D eigenvalue weighted by Crippen LogP contribution is -2.50. The van der Waals surface area contributed by atoms with Gasteiger partial charge in [0.05, 0.1) is 13.5 Å². The Labute approximate surface area is 124 Å². The topological polar surface area (TPSA) is 95.9 Å². The summed E-state index contributed by atoms with van der Waals surface area (Å²) in [6.07, 6.45) is 3.81. The number of urea groups is 1. The predicted octanol–water partition coefficient (Wildman–Crippen LogP) is 1.22. The minimum Gasteiger partial charge on any atom is -0.480 e. The molecule has 0 aromatic heterocycles. The van der Waals surface area contributed by atoms with E-state index in [0.29, 0.717) is 19.0 Å². The molecule has 1 aliphatic heterocycles. The fourth-order valence-electron chi connectivity index (χ4n) is 2.52. The van der Waals surface area contributed by atoms with Gasteiger partial charge in [-0.15, -0.1) is 0 Å². The molecule has 1 aliphatic rings. The van der Waals surface area contributed by atoms with Crippen LogP contribution in [0.4, 0.5) is 4.79 Å². The molecule has 0 aromatic rings. The Kier molecular flexibility index (Phi) is 6.98. The third-order valence-electron chi connectivity index (χ3n) is 3.79. The Morgan fingerprint density at radius 3 is 2.43 bits per heavy atom. The van der Waals surface area contributed by atoms with Crippen molar-refractivity contribution < 1.29 is 24.2 Å². The van der Waals surface area contributed by atoms with Gasteiger partial charge >= 0.3 is 18.0 Å². The van der Waals surface area contributed by atoms with Crippen LogP contribution in [0.25, 0.3) is 0 Å². The molecule has 1 heterocycles. The van der Waals surface area contributed by atoms with Crippen molar-refractivity contribution >= 4 is 18.0 Å². The Bertz CT molecular complexity index is 378. The van der Waals surface area contributed by atoms with E-state index in [9.17, 15) is 14.4 Å². The van der Waals surface area contributed by atoms with E-state index in [1.165, 1.54) is 7.11 Å². The Hall–Kier alpha value is -1.79. The van der Waals surface area contributed by atoms with Crippen LogP contribution in [-0.2, 0) is 14.3 Å². The molecule has 1 saturated heterocycles. The summed E-state index contributed by atoms with van der Waals surface area (Å²) < 4.78 is 4.43. The zero-order valence-electron chi connectivity index (χ0n) is 12.6. The van der Waals surface area contributed by atoms with Crippen molar-refractivity contribution in [1.29, 1.82) is 0 Å². The second-order valence-electron chi connectivity index (χ2n) is 5.34. The third-order valence-corrected chi connectivity index (χ3v) is 3.79. The van der Waals surface area contributed by atoms with Crippen molar-refractivity contribution in [3.8, 4) is 0 Å². The number of likely N-dealkylation sites (tertiary alicyclic amines) is 1. The van der Waals surface area contributed by atoms with Crippen LogP contribution < -0.4 is 5.32 Å². The number of hydrogen-bond donors (Lipinski definition) is 2.